The average Bonchev–Trinajstić information content (AvgIpc) is 2.75. The van der Waals surface area contributed by atoms with E-state index in [0.29, 0.717) is 6.54 Å². The van der Waals surface area contributed by atoms with E-state index in [1.54, 1.807) is 0 Å². The van der Waals surface area contributed by atoms with Crippen LogP contribution in [-0.4, -0.2) is 67.7 Å². The molecule has 30 heavy (non-hydrogen) atoms. The number of nitrogens with zero attached hydrogens (tertiary/aromatic N) is 2. The average molecular weight is 419 g/mol. The number of benzene rings is 1. The third-order valence-corrected chi connectivity index (χ3v) is 5.29. The maximum Gasteiger partial charge on any atom is 0.321 e. The van der Waals surface area contributed by atoms with Gasteiger partial charge in [-0.3, -0.25) is 9.69 Å². The first-order valence-electron chi connectivity index (χ1n) is 11.3. The van der Waals surface area contributed by atoms with E-state index in [1.165, 1.54) is 12.8 Å². The number of rotatable bonds is 11. The van der Waals surface area contributed by atoms with Crippen LogP contribution in [0.5, 0.6) is 0 Å². The van der Waals surface area contributed by atoms with Gasteiger partial charge < -0.3 is 20.3 Å². The highest BCUT2D eigenvalue weighted by atomic mass is 16.5. The van der Waals surface area contributed by atoms with Crippen LogP contribution >= 0.6 is 0 Å². The van der Waals surface area contributed by atoms with Crippen LogP contribution < -0.4 is 10.6 Å². The van der Waals surface area contributed by atoms with Crippen molar-refractivity contribution in [1.29, 1.82) is 0 Å². The molecular formula is C23H38N4O3. The van der Waals surface area contributed by atoms with Crippen LogP contribution in [0.4, 0.5) is 16.2 Å². The molecule has 0 radical (unpaired) electrons. The lowest BCUT2D eigenvalue weighted by Crippen LogP contribution is -2.44. The highest BCUT2D eigenvalue weighted by Crippen LogP contribution is 2.15. The lowest BCUT2D eigenvalue weighted by molar-refractivity contribution is -0.118. The van der Waals surface area contributed by atoms with Crippen molar-refractivity contribution in [2.24, 2.45) is 5.92 Å². The summed E-state index contributed by atoms with van der Waals surface area (Å²) < 4.78 is 5.41. The van der Waals surface area contributed by atoms with E-state index in [4.69, 9.17) is 4.74 Å². The normalized spacial score (nSPS) is 14.5. The Morgan fingerprint density at radius 2 is 1.63 bits per heavy atom. The minimum Gasteiger partial charge on any atom is -0.379 e. The van der Waals surface area contributed by atoms with E-state index in [0.717, 1.165) is 63.6 Å². The Balaban J connectivity index is 1.89. The Morgan fingerprint density at radius 3 is 2.23 bits per heavy atom. The number of nitrogens with one attached hydrogen (secondary N) is 2. The van der Waals surface area contributed by atoms with Gasteiger partial charge >= 0.3 is 6.03 Å². The molecule has 0 unspecified atom stereocenters. The summed E-state index contributed by atoms with van der Waals surface area (Å²) in [5.41, 5.74) is 1.46. The maximum absolute atomic E-state index is 12.9. The molecule has 0 saturated carbocycles. The van der Waals surface area contributed by atoms with Gasteiger partial charge in [-0.15, -0.1) is 0 Å². The third kappa shape index (κ3) is 8.71. The number of amides is 3. The molecule has 168 valence electrons. The van der Waals surface area contributed by atoms with E-state index in [9.17, 15) is 9.59 Å². The Bertz CT molecular complexity index is 642. The first-order valence-corrected chi connectivity index (χ1v) is 11.3. The van der Waals surface area contributed by atoms with E-state index in [2.05, 4.69) is 22.5 Å². The van der Waals surface area contributed by atoms with E-state index < -0.39 is 0 Å². The molecule has 2 N–H and O–H groups in total. The van der Waals surface area contributed by atoms with Crippen LogP contribution in [0.1, 0.15) is 46.5 Å². The van der Waals surface area contributed by atoms with Crippen LogP contribution in [0.2, 0.25) is 0 Å². The minimum absolute atomic E-state index is 0.0202. The van der Waals surface area contributed by atoms with Gasteiger partial charge in [0.1, 0.15) is 0 Å². The molecule has 0 bridgehead atoms. The number of morpholine rings is 1. The number of urea groups is 1. The number of carbonyl (C=O) groups excluding carboxylic acids is 2. The lowest BCUT2D eigenvalue weighted by atomic mass is 10.2. The summed E-state index contributed by atoms with van der Waals surface area (Å²) in [6.45, 7) is 11.6. The Labute approximate surface area is 181 Å². The molecule has 0 aliphatic carbocycles. The number of hydrogen-bond acceptors (Lipinski definition) is 4. The van der Waals surface area contributed by atoms with Crippen molar-refractivity contribution in [3.63, 3.8) is 0 Å². The minimum atomic E-state index is -0.0721. The lowest BCUT2D eigenvalue weighted by Gasteiger charge is -2.30. The molecule has 0 atom stereocenters. The van der Waals surface area contributed by atoms with Crippen molar-refractivity contribution in [3.05, 3.63) is 24.3 Å². The van der Waals surface area contributed by atoms with E-state index in [1.807, 2.05) is 43.0 Å². The maximum atomic E-state index is 12.9. The molecule has 0 aromatic heterocycles. The summed E-state index contributed by atoms with van der Waals surface area (Å²) in [5, 5.41) is 5.87. The largest absolute Gasteiger partial charge is 0.379 e. The molecule has 7 heteroatoms. The monoisotopic (exact) mass is 418 g/mol. The van der Waals surface area contributed by atoms with Gasteiger partial charge in [-0.25, -0.2) is 4.79 Å². The zero-order chi connectivity index (χ0) is 21.8. The smallest absolute Gasteiger partial charge is 0.321 e. The van der Waals surface area contributed by atoms with E-state index >= 15 is 0 Å². The molecular weight excluding hydrogens is 380 g/mol. The summed E-state index contributed by atoms with van der Waals surface area (Å²) >= 11 is 0. The van der Waals surface area contributed by atoms with Crippen LogP contribution in [0.15, 0.2) is 24.3 Å². The van der Waals surface area contributed by atoms with Gasteiger partial charge in [0.05, 0.1) is 13.2 Å². The van der Waals surface area contributed by atoms with Crippen molar-refractivity contribution in [2.75, 3.05) is 56.6 Å². The fourth-order valence-corrected chi connectivity index (χ4v) is 3.26. The predicted octanol–water partition coefficient (Wildman–Crippen LogP) is 4.03. The molecule has 1 aliphatic heterocycles. The third-order valence-electron chi connectivity index (χ3n) is 5.29. The Hall–Kier alpha value is -2.12. The molecule has 1 aromatic carbocycles. The van der Waals surface area contributed by atoms with Crippen molar-refractivity contribution < 1.29 is 14.3 Å². The van der Waals surface area contributed by atoms with Crippen molar-refractivity contribution in [3.8, 4) is 0 Å². The molecule has 1 saturated heterocycles. The highest BCUT2D eigenvalue weighted by Gasteiger charge is 2.17. The molecule has 1 aromatic rings. The van der Waals surface area contributed by atoms with Crippen LogP contribution in [0, 0.1) is 5.92 Å². The SMILES string of the molecule is CCCCCCN(CCN1CCOCC1)C(=O)Nc1ccc(NC(=O)C(C)C)cc1. The molecule has 1 fully saturated rings. The number of carbonyl (C=O) groups is 2. The van der Waals surface area contributed by atoms with Gasteiger partial charge in [-0.1, -0.05) is 40.0 Å². The first kappa shape index (κ1) is 24.2. The highest BCUT2D eigenvalue weighted by molar-refractivity contribution is 5.93. The van der Waals surface area contributed by atoms with Gasteiger partial charge in [0.2, 0.25) is 5.91 Å². The van der Waals surface area contributed by atoms with E-state index in [-0.39, 0.29) is 17.9 Å². The Morgan fingerprint density at radius 1 is 1.00 bits per heavy atom. The topological polar surface area (TPSA) is 73.9 Å². The summed E-state index contributed by atoms with van der Waals surface area (Å²) in [6.07, 6.45) is 4.54. The van der Waals surface area contributed by atoms with Crippen LogP contribution in [0.25, 0.3) is 0 Å². The van der Waals surface area contributed by atoms with Gasteiger partial charge in [-0.2, -0.15) is 0 Å². The molecule has 2 rings (SSSR count). The molecule has 7 nitrogen and oxygen atoms in total. The number of ether oxygens (including phenoxy) is 1. The second-order valence-electron chi connectivity index (χ2n) is 8.15. The molecule has 1 aliphatic rings. The zero-order valence-electron chi connectivity index (χ0n) is 18.8. The van der Waals surface area contributed by atoms with Gasteiger partial charge in [0.15, 0.2) is 0 Å². The predicted molar refractivity (Wildman–Crippen MR) is 122 cm³/mol. The standard InChI is InChI=1S/C23H38N4O3/c1-4-5-6-7-12-27(14-13-26-15-17-30-18-16-26)23(29)25-21-10-8-20(9-11-21)24-22(28)19(2)3/h8-11,19H,4-7,12-18H2,1-3H3,(H,24,28)(H,25,29). The first-order chi connectivity index (χ1) is 14.5. The van der Waals surface area contributed by atoms with Crippen molar-refractivity contribution in [1.82, 2.24) is 9.80 Å². The summed E-state index contributed by atoms with van der Waals surface area (Å²) in [5.74, 6) is -0.0923. The Kier molecular flexibility index (Phi) is 10.7. The fourth-order valence-electron chi connectivity index (χ4n) is 3.26. The second kappa shape index (κ2) is 13.2. The molecule has 1 heterocycles. The second-order valence-corrected chi connectivity index (χ2v) is 8.15. The number of anilines is 2. The summed E-state index contributed by atoms with van der Waals surface area (Å²) in [6, 6.07) is 7.21. The van der Waals surface area contributed by atoms with Crippen LogP contribution in [0.3, 0.4) is 0 Å². The summed E-state index contributed by atoms with van der Waals surface area (Å²) in [7, 11) is 0. The van der Waals surface area contributed by atoms with Crippen LogP contribution in [-0.2, 0) is 9.53 Å². The van der Waals surface area contributed by atoms with Crippen molar-refractivity contribution in [2.45, 2.75) is 46.5 Å². The van der Waals surface area contributed by atoms with Gasteiger partial charge in [0.25, 0.3) is 0 Å². The molecule has 3 amide bonds. The quantitative estimate of drug-likeness (QED) is 0.532. The zero-order valence-corrected chi connectivity index (χ0v) is 18.8. The summed E-state index contributed by atoms with van der Waals surface area (Å²) in [4.78, 5) is 29.0. The molecule has 0 spiro atoms. The van der Waals surface area contributed by atoms with Gasteiger partial charge in [-0.05, 0) is 30.7 Å². The van der Waals surface area contributed by atoms with Crippen molar-refractivity contribution >= 4 is 23.3 Å². The number of hydrogen-bond donors (Lipinski definition) is 2. The number of unbranched alkanes of at least 4 members (excludes halogenated alkanes) is 3. The van der Waals surface area contributed by atoms with Gasteiger partial charge in [0, 0.05) is 50.0 Å². The fraction of sp³-hybridized carbons (Fsp3) is 0.652.